The van der Waals surface area contributed by atoms with Crippen LogP contribution in [0.2, 0.25) is 0 Å². The average molecular weight is 241 g/mol. The van der Waals surface area contributed by atoms with Crippen LogP contribution in [0.3, 0.4) is 0 Å². The van der Waals surface area contributed by atoms with E-state index in [9.17, 15) is 0 Å². The number of nitrogens with one attached hydrogen (secondary N) is 1. The van der Waals surface area contributed by atoms with Crippen LogP contribution < -0.4 is 5.32 Å². The van der Waals surface area contributed by atoms with E-state index >= 15 is 0 Å². The van der Waals surface area contributed by atoms with Crippen LogP contribution in [-0.4, -0.2) is 62.2 Å². The molecule has 0 aliphatic carbocycles. The zero-order valence-corrected chi connectivity index (χ0v) is 12.2. The van der Waals surface area contributed by atoms with E-state index in [4.69, 9.17) is 0 Å². The molecule has 1 saturated heterocycles. The van der Waals surface area contributed by atoms with Gasteiger partial charge >= 0.3 is 0 Å². The lowest BCUT2D eigenvalue weighted by atomic mass is 10.0. The van der Waals surface area contributed by atoms with Gasteiger partial charge < -0.3 is 15.1 Å². The van der Waals surface area contributed by atoms with E-state index in [1.807, 2.05) is 0 Å². The van der Waals surface area contributed by atoms with Crippen molar-refractivity contribution in [2.45, 2.75) is 51.6 Å². The van der Waals surface area contributed by atoms with E-state index in [0.29, 0.717) is 6.04 Å². The molecule has 3 heteroatoms. The number of unbranched alkanes of at least 4 members (excludes halogenated alkanes) is 1. The van der Waals surface area contributed by atoms with Crippen molar-refractivity contribution < 1.29 is 0 Å². The summed E-state index contributed by atoms with van der Waals surface area (Å²) in [6.07, 6.45) is 5.31. The molecule has 1 aliphatic heterocycles. The molecule has 1 N–H and O–H groups in total. The molecular formula is C14H31N3. The molecule has 1 aliphatic rings. The van der Waals surface area contributed by atoms with E-state index in [0.717, 1.165) is 6.04 Å². The van der Waals surface area contributed by atoms with Gasteiger partial charge in [-0.25, -0.2) is 0 Å². The Morgan fingerprint density at radius 2 is 1.88 bits per heavy atom. The second kappa shape index (κ2) is 8.06. The zero-order chi connectivity index (χ0) is 12.7. The molecule has 0 aromatic heterocycles. The van der Waals surface area contributed by atoms with Gasteiger partial charge in [-0.15, -0.1) is 0 Å². The van der Waals surface area contributed by atoms with E-state index in [-0.39, 0.29) is 0 Å². The Labute approximate surface area is 108 Å². The zero-order valence-electron chi connectivity index (χ0n) is 12.2. The Kier molecular flexibility index (Phi) is 7.09. The molecule has 1 fully saturated rings. The molecule has 0 saturated carbocycles. The summed E-state index contributed by atoms with van der Waals surface area (Å²) in [6.45, 7) is 9.39. The predicted molar refractivity (Wildman–Crippen MR) is 75.5 cm³/mol. The summed E-state index contributed by atoms with van der Waals surface area (Å²) in [4.78, 5) is 5.01. The number of hydrogen-bond acceptors (Lipinski definition) is 3. The normalized spacial score (nSPS) is 19.4. The minimum Gasteiger partial charge on any atom is -0.315 e. The third-order valence-electron chi connectivity index (χ3n) is 3.80. The third-order valence-corrected chi connectivity index (χ3v) is 3.80. The second-order valence-corrected chi connectivity index (χ2v) is 5.83. The summed E-state index contributed by atoms with van der Waals surface area (Å²) < 4.78 is 0. The SMILES string of the molecule is CC(C)NCCCCN(C)C1CCN(C)CC1. The smallest absolute Gasteiger partial charge is 0.0117 e. The molecule has 0 amide bonds. The lowest BCUT2D eigenvalue weighted by Crippen LogP contribution is -2.42. The van der Waals surface area contributed by atoms with Crippen molar-refractivity contribution in [1.82, 2.24) is 15.1 Å². The van der Waals surface area contributed by atoms with E-state index in [1.54, 1.807) is 0 Å². The third kappa shape index (κ3) is 6.39. The Morgan fingerprint density at radius 1 is 1.24 bits per heavy atom. The average Bonchev–Trinajstić information content (AvgIpc) is 2.29. The standard InChI is InChI=1S/C14H31N3/c1-13(2)15-9-5-6-10-17(4)14-7-11-16(3)12-8-14/h13-15H,5-12H2,1-4H3. The molecule has 17 heavy (non-hydrogen) atoms. The Balaban J connectivity index is 2.02. The van der Waals surface area contributed by atoms with Gasteiger partial charge in [-0.3, -0.25) is 0 Å². The van der Waals surface area contributed by atoms with Crippen molar-refractivity contribution in [2.75, 3.05) is 40.3 Å². The van der Waals surface area contributed by atoms with Crippen LogP contribution in [0.1, 0.15) is 39.5 Å². The first-order valence-corrected chi connectivity index (χ1v) is 7.21. The van der Waals surface area contributed by atoms with Crippen molar-refractivity contribution in [2.24, 2.45) is 0 Å². The molecule has 0 aromatic carbocycles. The number of rotatable bonds is 7. The molecule has 1 rings (SSSR count). The van der Waals surface area contributed by atoms with Crippen molar-refractivity contribution in [1.29, 1.82) is 0 Å². The quantitative estimate of drug-likeness (QED) is 0.686. The monoisotopic (exact) mass is 241 g/mol. The first-order chi connectivity index (χ1) is 8.09. The molecule has 0 atom stereocenters. The van der Waals surface area contributed by atoms with Crippen LogP contribution in [0, 0.1) is 0 Å². The second-order valence-electron chi connectivity index (χ2n) is 5.83. The van der Waals surface area contributed by atoms with Crippen LogP contribution >= 0.6 is 0 Å². The molecule has 102 valence electrons. The minimum absolute atomic E-state index is 0.626. The highest BCUT2D eigenvalue weighted by Gasteiger charge is 2.19. The highest BCUT2D eigenvalue weighted by atomic mass is 15.2. The van der Waals surface area contributed by atoms with Crippen molar-refractivity contribution >= 4 is 0 Å². The van der Waals surface area contributed by atoms with Gasteiger partial charge in [0.15, 0.2) is 0 Å². The van der Waals surface area contributed by atoms with Gasteiger partial charge in [-0.1, -0.05) is 13.8 Å². The maximum atomic E-state index is 3.48. The van der Waals surface area contributed by atoms with Gasteiger partial charge in [-0.05, 0) is 66.0 Å². The van der Waals surface area contributed by atoms with Crippen molar-refractivity contribution in [3.63, 3.8) is 0 Å². The minimum atomic E-state index is 0.626. The van der Waals surface area contributed by atoms with Gasteiger partial charge in [0, 0.05) is 12.1 Å². The molecular weight excluding hydrogens is 210 g/mol. The van der Waals surface area contributed by atoms with Gasteiger partial charge in [0.25, 0.3) is 0 Å². The first-order valence-electron chi connectivity index (χ1n) is 7.21. The van der Waals surface area contributed by atoms with Crippen LogP contribution in [0.15, 0.2) is 0 Å². The summed E-state index contributed by atoms with van der Waals surface area (Å²) >= 11 is 0. The van der Waals surface area contributed by atoms with Gasteiger partial charge in [0.05, 0.1) is 0 Å². The molecule has 0 unspecified atom stereocenters. The molecule has 0 spiro atoms. The molecule has 1 heterocycles. The first kappa shape index (κ1) is 14.9. The summed E-state index contributed by atoms with van der Waals surface area (Å²) in [7, 11) is 4.53. The number of hydrogen-bond donors (Lipinski definition) is 1. The lowest BCUT2D eigenvalue weighted by molar-refractivity contribution is 0.143. The highest BCUT2D eigenvalue weighted by molar-refractivity contribution is 4.76. The highest BCUT2D eigenvalue weighted by Crippen LogP contribution is 2.14. The number of piperidine rings is 1. The summed E-state index contributed by atoms with van der Waals surface area (Å²) in [5.41, 5.74) is 0. The van der Waals surface area contributed by atoms with Crippen LogP contribution in [-0.2, 0) is 0 Å². The molecule has 3 nitrogen and oxygen atoms in total. The molecule has 0 bridgehead atoms. The van der Waals surface area contributed by atoms with Crippen LogP contribution in [0.4, 0.5) is 0 Å². The topological polar surface area (TPSA) is 18.5 Å². The Bertz CT molecular complexity index is 186. The largest absolute Gasteiger partial charge is 0.315 e. The van der Waals surface area contributed by atoms with E-state index in [2.05, 4.69) is 43.1 Å². The van der Waals surface area contributed by atoms with Crippen molar-refractivity contribution in [3.8, 4) is 0 Å². The summed E-state index contributed by atoms with van der Waals surface area (Å²) in [6, 6.07) is 1.45. The predicted octanol–water partition coefficient (Wildman–Crippen LogP) is 1.79. The van der Waals surface area contributed by atoms with Gasteiger partial charge in [-0.2, -0.15) is 0 Å². The van der Waals surface area contributed by atoms with Gasteiger partial charge in [0.2, 0.25) is 0 Å². The fraction of sp³-hybridized carbons (Fsp3) is 1.00. The van der Waals surface area contributed by atoms with E-state index < -0.39 is 0 Å². The molecule has 0 aromatic rings. The maximum Gasteiger partial charge on any atom is 0.0117 e. The fourth-order valence-electron chi connectivity index (χ4n) is 2.50. The van der Waals surface area contributed by atoms with Crippen LogP contribution in [0.25, 0.3) is 0 Å². The fourth-order valence-corrected chi connectivity index (χ4v) is 2.50. The Hall–Kier alpha value is -0.120. The Morgan fingerprint density at radius 3 is 2.47 bits per heavy atom. The molecule has 0 radical (unpaired) electrons. The van der Waals surface area contributed by atoms with Gasteiger partial charge in [0.1, 0.15) is 0 Å². The summed E-state index contributed by atoms with van der Waals surface area (Å²) in [5, 5.41) is 3.48. The number of likely N-dealkylation sites (tertiary alicyclic amines) is 1. The summed E-state index contributed by atoms with van der Waals surface area (Å²) in [5.74, 6) is 0. The van der Waals surface area contributed by atoms with Crippen LogP contribution in [0.5, 0.6) is 0 Å². The van der Waals surface area contributed by atoms with E-state index in [1.165, 1.54) is 51.9 Å². The maximum absolute atomic E-state index is 3.48. The van der Waals surface area contributed by atoms with Crippen molar-refractivity contribution in [3.05, 3.63) is 0 Å². The lowest BCUT2D eigenvalue weighted by Gasteiger charge is -2.35. The number of nitrogens with zero attached hydrogens (tertiary/aromatic N) is 2.